The topological polar surface area (TPSA) is 474 Å². The molecule has 10 N–H and O–H groups in total. The second-order valence-corrected chi connectivity index (χ2v) is 29.0. The molecule has 0 amide bonds. The number of ether oxygens (including phenoxy) is 7. The number of esters is 5. The Balaban J connectivity index is 0.000000118. The summed E-state index contributed by atoms with van der Waals surface area (Å²) in [5, 5.41) is 0. The number of furan rings is 4. The van der Waals surface area contributed by atoms with Crippen molar-refractivity contribution in [1.82, 2.24) is 54.8 Å². The zero-order valence-corrected chi connectivity index (χ0v) is 67.8. The Bertz CT molecular complexity index is 6790. The number of fused-ring (bicyclic) bond motifs is 5. The summed E-state index contributed by atoms with van der Waals surface area (Å²) in [6, 6.07) is 44.6. The molecule has 32 nitrogen and oxygen atoms in total. The number of hydrogen-bond donors (Lipinski definition) is 5. The predicted octanol–water partition coefficient (Wildman–Crippen LogP) is 16.0. The number of nitrogens with two attached hydrogens (primary N) is 5. The molecule has 0 saturated carbocycles. The Kier molecular flexibility index (Phi) is 24.3. The molecule has 41 heteroatoms. The largest absolute Gasteiger partial charge is 0.573 e. The zero-order chi connectivity index (χ0) is 90.6. The second-order valence-electron chi connectivity index (χ2n) is 28.2. The molecule has 0 spiro atoms. The standard InChI is InChI=1S/C18H12F3N3O4.C18H13FN4O2.C18H15N3O4.C17H10BrF2N3O3.C17H11F2N3O3/c19-18(20,21)28-10-5-2-1-4-9(10)8-12-15-13(16(25)27-12)14(23-17(22)24-15)11-6-3-7-26-11;19-11-6-2-1-5-10(11)9-13-16-14(17(24)25-13)15(22-18(20)23-16)12-7-3-4-8-21-12;1-23-11-6-4-10(5-7-11)9-13-16-14(17(22)25-13)15(20-18(19)21-16)12-3-2-8-24-12;18-12-4-3-10(25-12)14-13-15(23-17(21)22-14)11(26-16(13)24)5-7-1-2-8(19)6-9(7)20;18-9-3-1-4-10(19)8(9)7-12-15-13(16(23)25-12)14(21-17(20)22-15)11-5-2-6-24-11/h1-7,12H,8H2,(H2,22,23,24);1-8,13H,9H2,(H2,20,22,23);2-8,13H,9H2,1H3,(H2,19,20,21);1-4,6,11H,5H2,(H2,21,22,23);1-6,12H,7H2,(H2,20,21,22). The SMILES string of the molecule is COc1ccc(CC2OC(=O)c3c(-c4ccco4)nc(N)nc32)cc1.Nc1nc(-c2ccc(Br)o2)c2c(n1)C(Cc1ccc(F)cc1F)OC2=O.Nc1nc(-c2ccccn2)c2c(n1)C(Cc1ccccc1F)OC2=O.Nc1nc(-c2ccco2)c2c(n1)C(Cc1c(F)cccc1F)OC2=O.Nc1nc(-c2ccco2)c2c(n1)C(Cc1ccccc1OC(F)(F)F)OC2=O. The minimum absolute atomic E-state index is 0.0104. The molecule has 0 bridgehead atoms. The van der Waals surface area contributed by atoms with Crippen LogP contribution in [0.3, 0.4) is 0 Å². The van der Waals surface area contributed by atoms with E-state index >= 15 is 0 Å². The van der Waals surface area contributed by atoms with E-state index in [0.717, 1.165) is 35.6 Å². The maximum atomic E-state index is 13.9. The van der Waals surface area contributed by atoms with Crippen LogP contribution in [0.4, 0.5) is 64.9 Å². The minimum atomic E-state index is -4.85. The highest BCUT2D eigenvalue weighted by atomic mass is 79.9. The van der Waals surface area contributed by atoms with Crippen molar-refractivity contribution in [2.45, 2.75) is 69.0 Å². The van der Waals surface area contributed by atoms with Gasteiger partial charge in [-0.3, -0.25) is 4.98 Å². The predicted molar refractivity (Wildman–Crippen MR) is 438 cm³/mol. The monoisotopic (exact) mass is 1830 g/mol. The summed E-state index contributed by atoms with van der Waals surface area (Å²) in [7, 11) is 1.61. The van der Waals surface area contributed by atoms with Gasteiger partial charge in [0.15, 0.2) is 27.7 Å². The normalized spacial score (nSPS) is 15.8. The van der Waals surface area contributed by atoms with Crippen molar-refractivity contribution < 1.29 is 110 Å². The Morgan fingerprint density at radius 1 is 0.380 bits per heavy atom. The van der Waals surface area contributed by atoms with Gasteiger partial charge in [-0.2, -0.15) is 0 Å². The number of nitrogen functional groups attached to an aromatic ring is 5. The van der Waals surface area contributed by atoms with Crippen molar-refractivity contribution in [2.24, 2.45) is 0 Å². The fraction of sp³-hybridized carbons (Fsp3) is 0.136. The minimum Gasteiger partial charge on any atom is -0.497 e. The number of nitrogens with zero attached hydrogens (tertiary/aromatic N) is 11. The van der Waals surface area contributed by atoms with Gasteiger partial charge in [0.1, 0.15) is 156 Å². The first-order valence-corrected chi connectivity index (χ1v) is 39.1. The highest BCUT2D eigenvalue weighted by Gasteiger charge is 2.44. The molecule has 0 fully saturated rings. The summed E-state index contributed by atoms with van der Waals surface area (Å²) in [5.41, 5.74) is 34.5. The molecule has 652 valence electrons. The number of alkyl halides is 3. The smallest absolute Gasteiger partial charge is 0.497 e. The molecule has 5 aliphatic rings. The average Bonchev–Trinajstić information content (AvgIpc) is 1.65. The van der Waals surface area contributed by atoms with Crippen LogP contribution in [0.5, 0.6) is 11.5 Å². The van der Waals surface area contributed by atoms with Crippen molar-refractivity contribution >= 4 is 75.5 Å². The second kappa shape index (κ2) is 36.4. The molecule has 0 radical (unpaired) electrons. The number of pyridine rings is 1. The van der Waals surface area contributed by atoms with Gasteiger partial charge in [0, 0.05) is 49.9 Å². The molecule has 5 aromatic carbocycles. The number of hydrogen-bond acceptors (Lipinski definition) is 32. The van der Waals surface area contributed by atoms with Gasteiger partial charge >= 0.3 is 36.2 Å². The Morgan fingerprint density at radius 2 is 0.775 bits per heavy atom. The van der Waals surface area contributed by atoms with Crippen molar-refractivity contribution in [2.75, 3.05) is 35.8 Å². The number of carbonyl (C=O) groups excluding carboxylic acids is 5. The van der Waals surface area contributed by atoms with Crippen LogP contribution in [0.15, 0.2) is 223 Å². The van der Waals surface area contributed by atoms with Gasteiger partial charge in [-0.05, 0) is 141 Å². The lowest BCUT2D eigenvalue weighted by Crippen LogP contribution is -2.18. The molecule has 20 rings (SSSR count). The van der Waals surface area contributed by atoms with E-state index in [0.29, 0.717) is 73.7 Å². The van der Waals surface area contributed by atoms with Crippen LogP contribution in [0.1, 0.15) is 139 Å². The summed E-state index contributed by atoms with van der Waals surface area (Å²) in [4.78, 5) is 107. The van der Waals surface area contributed by atoms with Gasteiger partial charge in [0.05, 0.1) is 31.6 Å². The lowest BCUT2D eigenvalue weighted by molar-refractivity contribution is -0.275. The van der Waals surface area contributed by atoms with E-state index in [1.807, 2.05) is 24.3 Å². The molecular formula is C88H61BrF8N16O16. The van der Waals surface area contributed by atoms with Gasteiger partial charge < -0.3 is 79.5 Å². The third kappa shape index (κ3) is 18.7. The first-order valence-electron chi connectivity index (χ1n) is 38.3. The molecule has 129 heavy (non-hydrogen) atoms. The third-order valence-corrected chi connectivity index (χ3v) is 20.4. The molecule has 5 atom stereocenters. The average molecular weight is 1830 g/mol. The number of cyclic esters (lactones) is 5. The van der Waals surface area contributed by atoms with Crippen LogP contribution < -0.4 is 38.1 Å². The van der Waals surface area contributed by atoms with Gasteiger partial charge in [-0.25, -0.2) is 95.8 Å². The fourth-order valence-corrected chi connectivity index (χ4v) is 14.7. The number of para-hydroxylation sites is 1. The first kappa shape index (κ1) is 86.2. The Labute approximate surface area is 729 Å². The van der Waals surface area contributed by atoms with Crippen molar-refractivity contribution in [3.8, 4) is 68.7 Å². The Morgan fingerprint density at radius 3 is 1.19 bits per heavy atom. The number of halogens is 9. The molecule has 0 saturated heterocycles. The maximum absolute atomic E-state index is 13.9. The fourth-order valence-electron chi connectivity index (χ4n) is 14.4. The molecule has 5 aliphatic heterocycles. The van der Waals surface area contributed by atoms with Crippen LogP contribution in [0.2, 0.25) is 0 Å². The van der Waals surface area contributed by atoms with Crippen molar-refractivity contribution in [1.29, 1.82) is 0 Å². The van der Waals surface area contributed by atoms with Gasteiger partial charge in [-0.1, -0.05) is 66.7 Å². The third-order valence-electron chi connectivity index (χ3n) is 20.0. The van der Waals surface area contributed by atoms with Crippen LogP contribution >= 0.6 is 15.9 Å². The number of anilines is 5. The number of benzene rings is 5. The molecule has 10 aromatic heterocycles. The summed E-state index contributed by atoms with van der Waals surface area (Å²) in [6.45, 7) is 0. The Hall–Kier alpha value is -16.4. The molecule has 5 unspecified atom stereocenters. The molecule has 15 heterocycles. The van der Waals surface area contributed by atoms with E-state index < -0.39 is 90.0 Å². The van der Waals surface area contributed by atoms with Crippen LogP contribution in [-0.2, 0) is 55.8 Å². The van der Waals surface area contributed by atoms with E-state index in [-0.39, 0.29) is 140 Å². The number of methoxy groups -OCH3 is 1. The van der Waals surface area contributed by atoms with Gasteiger partial charge in [0.25, 0.3) is 0 Å². The lowest BCUT2D eigenvalue weighted by Gasteiger charge is -2.15. The summed E-state index contributed by atoms with van der Waals surface area (Å²) in [5.74, 6) is -4.76. The van der Waals surface area contributed by atoms with Crippen LogP contribution in [-0.4, -0.2) is 98.1 Å². The van der Waals surface area contributed by atoms with E-state index in [2.05, 4.69) is 75.5 Å². The molecule has 15 aromatic rings. The highest BCUT2D eigenvalue weighted by molar-refractivity contribution is 9.10. The van der Waals surface area contributed by atoms with Crippen LogP contribution in [0.25, 0.3) is 57.2 Å². The van der Waals surface area contributed by atoms with E-state index in [9.17, 15) is 59.1 Å². The van der Waals surface area contributed by atoms with E-state index in [1.165, 1.54) is 55.2 Å². The van der Waals surface area contributed by atoms with E-state index in [1.54, 1.807) is 104 Å². The quantitative estimate of drug-likeness (QED) is 0.0321. The van der Waals surface area contributed by atoms with Gasteiger partial charge in [0.2, 0.25) is 29.7 Å². The van der Waals surface area contributed by atoms with Crippen molar-refractivity contribution in [3.05, 3.63) is 319 Å². The highest BCUT2D eigenvalue weighted by Crippen LogP contribution is 2.45. The number of aromatic nitrogens is 11. The number of carbonyl (C=O) groups is 5. The van der Waals surface area contributed by atoms with Gasteiger partial charge in [-0.15, -0.1) is 13.2 Å². The summed E-state index contributed by atoms with van der Waals surface area (Å²) < 4.78 is 165. The number of rotatable bonds is 17. The lowest BCUT2D eigenvalue weighted by atomic mass is 10.0. The molecular weight excluding hydrogens is 1770 g/mol. The van der Waals surface area contributed by atoms with E-state index in [4.69, 9.17) is 74.8 Å². The van der Waals surface area contributed by atoms with Crippen molar-refractivity contribution in [3.63, 3.8) is 0 Å². The zero-order valence-electron chi connectivity index (χ0n) is 66.2. The summed E-state index contributed by atoms with van der Waals surface area (Å²) >= 11 is 3.18. The maximum Gasteiger partial charge on any atom is 0.573 e. The molecule has 0 aliphatic carbocycles. The summed E-state index contributed by atoms with van der Waals surface area (Å²) in [6.07, 6.45) is -2.57. The first-order chi connectivity index (χ1) is 62.1. The van der Waals surface area contributed by atoms with Crippen LogP contribution in [0, 0.1) is 29.1 Å².